The minimum atomic E-state index is -1.82. The monoisotopic (exact) mass is 429 g/mol. The van der Waals surface area contributed by atoms with Crippen molar-refractivity contribution in [2.45, 2.75) is 70.2 Å². The molecule has 1 aliphatic rings. The largest absolute Gasteiger partial charge is 0.508 e. The second-order valence-electron chi connectivity index (χ2n) is 7.18. The standard InChI is InChI=1S/C17H27N5O6P/c1-4-17(5-2,28-29(26)6-3)7-10-12(23)13(24)16(27-10)21-8-19-11-14(18)22(25)9-20-15(11)21/h8-10,12-13,16,18,23-25H,4-7H2,1-3H3/q+1/p+1/t10-,12-,13-,16?/m1/s1. The fourth-order valence-corrected chi connectivity index (χ4v) is 4.50. The highest BCUT2D eigenvalue weighted by molar-refractivity contribution is 7.39. The molecule has 1 aliphatic heterocycles. The third-order valence-electron chi connectivity index (χ3n) is 5.57. The van der Waals surface area contributed by atoms with E-state index in [-0.39, 0.29) is 17.8 Å². The number of nitrogen functional groups attached to an aromatic ring is 1. The zero-order chi connectivity index (χ0) is 21.3. The number of aliphatic hydroxyl groups is 2. The molecule has 2 aromatic heterocycles. The SMILES string of the molecule is CC[P+](=O)OC(CC)(CC)C[C@H]1OC(n2cnc3c(N)[n+](O)cnc32)[C@H](O)[C@@H]1O. The smallest absolute Gasteiger partial charge is 0.388 e. The average Bonchev–Trinajstić information content (AvgIpc) is 3.26. The summed E-state index contributed by atoms with van der Waals surface area (Å²) in [7, 11) is -1.82. The number of aromatic nitrogens is 4. The molecule has 0 bridgehead atoms. The summed E-state index contributed by atoms with van der Waals surface area (Å²) >= 11 is 0. The highest BCUT2D eigenvalue weighted by atomic mass is 31.1. The summed E-state index contributed by atoms with van der Waals surface area (Å²) in [5.74, 6) is -0.00825. The molecule has 1 saturated heterocycles. The van der Waals surface area contributed by atoms with E-state index in [1.54, 1.807) is 6.92 Å². The van der Waals surface area contributed by atoms with Crippen LogP contribution >= 0.6 is 8.03 Å². The Morgan fingerprint density at radius 2 is 2.00 bits per heavy atom. The lowest BCUT2D eigenvalue weighted by molar-refractivity contribution is -0.894. The first-order valence-electron chi connectivity index (χ1n) is 9.64. The van der Waals surface area contributed by atoms with Gasteiger partial charge >= 0.3 is 8.03 Å². The lowest BCUT2D eigenvalue weighted by Crippen LogP contribution is -2.39. The Balaban J connectivity index is 1.87. The third kappa shape index (κ3) is 3.93. The molecule has 0 saturated carbocycles. The number of hydrogen-bond acceptors (Lipinski definition) is 9. The Hall–Kier alpha value is -1.91. The van der Waals surface area contributed by atoms with Crippen LogP contribution in [0.1, 0.15) is 46.3 Å². The van der Waals surface area contributed by atoms with Crippen molar-refractivity contribution in [3.63, 3.8) is 0 Å². The predicted molar refractivity (Wildman–Crippen MR) is 102 cm³/mol. The molecule has 5 N–H and O–H groups in total. The van der Waals surface area contributed by atoms with Crippen LogP contribution in [0.4, 0.5) is 5.82 Å². The molecular formula is C17H28N5O6P+2. The second-order valence-corrected chi connectivity index (χ2v) is 8.66. The first-order valence-corrected chi connectivity index (χ1v) is 11.0. The van der Waals surface area contributed by atoms with Gasteiger partial charge in [0.05, 0.1) is 6.10 Å². The maximum Gasteiger partial charge on any atom is 0.508 e. The Morgan fingerprint density at radius 3 is 2.62 bits per heavy atom. The molecule has 0 radical (unpaired) electrons. The first kappa shape index (κ1) is 21.8. The number of imidazole rings is 1. The molecule has 29 heavy (non-hydrogen) atoms. The van der Waals surface area contributed by atoms with Gasteiger partial charge in [0.15, 0.2) is 12.4 Å². The summed E-state index contributed by atoms with van der Waals surface area (Å²) in [6, 6.07) is 0. The molecule has 2 aromatic rings. The number of hydrogen-bond donors (Lipinski definition) is 4. The highest BCUT2D eigenvalue weighted by Crippen LogP contribution is 2.42. The maximum atomic E-state index is 12.0. The van der Waals surface area contributed by atoms with E-state index in [2.05, 4.69) is 9.97 Å². The van der Waals surface area contributed by atoms with Crippen LogP contribution in [0.25, 0.3) is 11.2 Å². The first-order chi connectivity index (χ1) is 13.8. The van der Waals surface area contributed by atoms with Crippen molar-refractivity contribution in [2.24, 2.45) is 0 Å². The fraction of sp³-hybridized carbons (Fsp3) is 0.706. The van der Waals surface area contributed by atoms with E-state index in [1.807, 2.05) is 13.8 Å². The summed E-state index contributed by atoms with van der Waals surface area (Å²) < 4.78 is 25.9. The van der Waals surface area contributed by atoms with Gasteiger partial charge in [-0.05, 0) is 24.3 Å². The van der Waals surface area contributed by atoms with Gasteiger partial charge in [-0.15, -0.1) is 4.52 Å². The number of ether oxygens (including phenoxy) is 1. The van der Waals surface area contributed by atoms with Crippen LogP contribution in [0.3, 0.4) is 0 Å². The molecule has 5 atom stereocenters. The normalized spacial score (nSPS) is 25.6. The van der Waals surface area contributed by atoms with Gasteiger partial charge in [-0.3, -0.25) is 4.57 Å². The van der Waals surface area contributed by atoms with Crippen LogP contribution in [-0.2, 0) is 13.8 Å². The third-order valence-corrected chi connectivity index (χ3v) is 6.68. The van der Waals surface area contributed by atoms with Gasteiger partial charge in [-0.25, -0.2) is 4.98 Å². The molecule has 2 unspecified atom stereocenters. The topological polar surface area (TPSA) is 157 Å². The zero-order valence-corrected chi connectivity index (χ0v) is 17.6. The van der Waals surface area contributed by atoms with Crippen molar-refractivity contribution in [2.75, 3.05) is 11.9 Å². The Labute approximate surface area is 168 Å². The van der Waals surface area contributed by atoms with E-state index in [1.165, 1.54) is 10.9 Å². The molecule has 0 aliphatic carbocycles. The van der Waals surface area contributed by atoms with Gasteiger partial charge in [0.25, 0.3) is 12.1 Å². The van der Waals surface area contributed by atoms with Crippen molar-refractivity contribution in [1.82, 2.24) is 14.5 Å². The summed E-state index contributed by atoms with van der Waals surface area (Å²) in [6.07, 6.45) is 0.220. The van der Waals surface area contributed by atoms with Gasteiger partial charge < -0.3 is 25.9 Å². The fourth-order valence-electron chi connectivity index (χ4n) is 3.61. The minimum absolute atomic E-state index is 0.00825. The van der Waals surface area contributed by atoms with Crippen molar-refractivity contribution in [3.05, 3.63) is 12.7 Å². The molecule has 0 spiro atoms. The summed E-state index contributed by atoms with van der Waals surface area (Å²) in [5, 5.41) is 30.9. The van der Waals surface area contributed by atoms with Crippen molar-refractivity contribution < 1.29 is 34.0 Å². The molecule has 0 amide bonds. The lowest BCUT2D eigenvalue weighted by atomic mass is 9.88. The van der Waals surface area contributed by atoms with Crippen LogP contribution in [0.15, 0.2) is 12.7 Å². The lowest BCUT2D eigenvalue weighted by Gasteiger charge is -2.29. The van der Waals surface area contributed by atoms with E-state index in [0.29, 0.717) is 29.4 Å². The van der Waals surface area contributed by atoms with Crippen LogP contribution in [-0.4, -0.2) is 60.0 Å². The number of aliphatic hydroxyl groups excluding tert-OH is 2. The number of fused-ring (bicyclic) bond motifs is 1. The number of rotatable bonds is 8. The predicted octanol–water partition coefficient (Wildman–Crippen LogP) is 0.885. The van der Waals surface area contributed by atoms with Crippen LogP contribution in [0.5, 0.6) is 0 Å². The average molecular weight is 429 g/mol. The van der Waals surface area contributed by atoms with Gasteiger partial charge in [-0.1, -0.05) is 23.6 Å². The minimum Gasteiger partial charge on any atom is -0.388 e. The van der Waals surface area contributed by atoms with E-state index in [0.717, 1.165) is 6.33 Å². The van der Waals surface area contributed by atoms with Crippen LogP contribution in [0, 0.1) is 0 Å². The van der Waals surface area contributed by atoms with E-state index >= 15 is 0 Å². The van der Waals surface area contributed by atoms with E-state index in [9.17, 15) is 20.0 Å². The van der Waals surface area contributed by atoms with Gasteiger partial charge in [0, 0.05) is 6.42 Å². The molecule has 12 heteroatoms. The van der Waals surface area contributed by atoms with Gasteiger partial charge in [0.1, 0.15) is 24.1 Å². The van der Waals surface area contributed by atoms with Gasteiger partial charge in [-0.2, -0.15) is 0 Å². The second kappa shape index (κ2) is 8.45. The molecule has 3 rings (SSSR count). The van der Waals surface area contributed by atoms with E-state index < -0.39 is 38.2 Å². The van der Waals surface area contributed by atoms with Crippen molar-refractivity contribution in [1.29, 1.82) is 0 Å². The molecule has 3 heterocycles. The Kier molecular flexibility index (Phi) is 6.35. The van der Waals surface area contributed by atoms with Crippen molar-refractivity contribution >= 4 is 25.0 Å². The van der Waals surface area contributed by atoms with E-state index in [4.69, 9.17) is 15.0 Å². The van der Waals surface area contributed by atoms with Gasteiger partial charge in [0.2, 0.25) is 11.2 Å². The number of nitrogens with zero attached hydrogens (tertiary/aromatic N) is 4. The quantitative estimate of drug-likeness (QED) is 0.272. The summed E-state index contributed by atoms with van der Waals surface area (Å²) in [5.41, 5.74) is 5.61. The summed E-state index contributed by atoms with van der Waals surface area (Å²) in [4.78, 5) is 8.21. The number of anilines is 1. The Morgan fingerprint density at radius 1 is 1.31 bits per heavy atom. The van der Waals surface area contributed by atoms with Crippen LogP contribution < -0.4 is 10.5 Å². The molecular weight excluding hydrogens is 401 g/mol. The van der Waals surface area contributed by atoms with Crippen molar-refractivity contribution in [3.8, 4) is 0 Å². The molecule has 160 valence electrons. The maximum absolute atomic E-state index is 12.0. The van der Waals surface area contributed by atoms with Crippen LogP contribution in [0.2, 0.25) is 0 Å². The summed E-state index contributed by atoms with van der Waals surface area (Å²) in [6.45, 7) is 5.64. The zero-order valence-electron chi connectivity index (χ0n) is 16.7. The molecule has 11 nitrogen and oxygen atoms in total. The number of nitrogens with two attached hydrogens (primary N) is 1. The highest BCUT2D eigenvalue weighted by Gasteiger charge is 2.49. The Bertz CT molecular complexity index is 889. The molecule has 0 aromatic carbocycles. The molecule has 1 fully saturated rings.